The van der Waals surface area contributed by atoms with Crippen LogP contribution in [0.25, 0.3) is 63.0 Å². The van der Waals surface area contributed by atoms with Gasteiger partial charge in [-0.2, -0.15) is 0 Å². The van der Waals surface area contributed by atoms with Crippen molar-refractivity contribution in [3.63, 3.8) is 0 Å². The number of nitrogens with one attached hydrogen (secondary N) is 1. The number of thiophene rings is 2. The molecule has 0 saturated carbocycles. The van der Waals surface area contributed by atoms with Crippen molar-refractivity contribution in [3.05, 3.63) is 78.6 Å². The molecule has 0 aliphatic heterocycles. The van der Waals surface area contributed by atoms with Crippen LogP contribution in [0.1, 0.15) is 103 Å². The van der Waals surface area contributed by atoms with Crippen molar-refractivity contribution in [2.75, 3.05) is 11.9 Å². The van der Waals surface area contributed by atoms with E-state index in [1.807, 2.05) is 22.7 Å². The molecular weight excluding hydrogens is 629 g/mol. The van der Waals surface area contributed by atoms with Crippen molar-refractivity contribution in [1.29, 1.82) is 0 Å². The highest BCUT2D eigenvalue weighted by atomic mass is 32.1. The lowest BCUT2D eigenvalue weighted by molar-refractivity contribution is 0.447. The highest BCUT2D eigenvalue weighted by Crippen LogP contribution is 2.44. The summed E-state index contributed by atoms with van der Waals surface area (Å²) in [5.74, 6) is 3.59. The maximum Gasteiger partial charge on any atom is 0.193 e. The summed E-state index contributed by atoms with van der Waals surface area (Å²) in [7, 11) is 0. The molecule has 250 valence electrons. The summed E-state index contributed by atoms with van der Waals surface area (Å²) in [5, 5.41) is 11.1. The van der Waals surface area contributed by atoms with Gasteiger partial charge in [0.15, 0.2) is 5.88 Å². The Morgan fingerprint density at radius 3 is 1.77 bits per heavy atom. The Kier molecular flexibility index (Phi) is 10.5. The summed E-state index contributed by atoms with van der Waals surface area (Å²) in [6.45, 7) is 5.47. The molecule has 1 atom stereocenters. The van der Waals surface area contributed by atoms with E-state index in [0.29, 0.717) is 0 Å². The number of benzene rings is 3. The molecule has 7 aromatic rings. The number of anilines is 1. The predicted molar refractivity (Wildman–Crippen MR) is 210 cm³/mol. The quantitative estimate of drug-likeness (QED) is 0.0744. The molecule has 0 spiro atoms. The molecule has 4 aromatic heterocycles. The van der Waals surface area contributed by atoms with E-state index in [9.17, 15) is 0 Å². The van der Waals surface area contributed by atoms with Crippen molar-refractivity contribution in [1.82, 2.24) is 0 Å². The third kappa shape index (κ3) is 7.08. The lowest BCUT2D eigenvalue weighted by Gasteiger charge is -2.08. The lowest BCUT2D eigenvalue weighted by Crippen LogP contribution is -2.08. The van der Waals surface area contributed by atoms with Gasteiger partial charge in [-0.05, 0) is 64.7 Å². The van der Waals surface area contributed by atoms with Crippen LogP contribution in [-0.2, 0) is 0 Å². The summed E-state index contributed by atoms with van der Waals surface area (Å²) >= 11 is 3.63. The van der Waals surface area contributed by atoms with Crippen molar-refractivity contribution in [3.8, 4) is 21.3 Å². The molecule has 3 aromatic carbocycles. The van der Waals surface area contributed by atoms with Gasteiger partial charge in [-0.3, -0.25) is 0 Å². The highest BCUT2D eigenvalue weighted by Gasteiger charge is 2.17. The molecule has 3 N–H and O–H groups in total. The van der Waals surface area contributed by atoms with Gasteiger partial charge < -0.3 is 19.9 Å². The fourth-order valence-electron chi connectivity index (χ4n) is 6.94. The average Bonchev–Trinajstić information content (AvgIpc) is 3.92. The fourth-order valence-corrected chi connectivity index (χ4v) is 9.23. The third-order valence-corrected chi connectivity index (χ3v) is 12.1. The van der Waals surface area contributed by atoms with E-state index in [4.69, 9.17) is 14.6 Å². The molecule has 48 heavy (non-hydrogen) atoms. The molecule has 0 amide bonds. The molecule has 6 heteroatoms. The van der Waals surface area contributed by atoms with Crippen LogP contribution in [0.15, 0.2) is 81.6 Å². The Morgan fingerprint density at radius 1 is 0.583 bits per heavy atom. The molecule has 0 bridgehead atoms. The number of unbranched alkanes of at least 4 members (excludes halogenated alkanes) is 9. The Bertz CT molecular complexity index is 2110. The normalized spacial score (nSPS) is 12.6. The Morgan fingerprint density at radius 2 is 1.12 bits per heavy atom. The standard InChI is InChI=1S/C42H48N2O2S2/c1-3-5-7-9-11-13-25-44-40-24-23-37(46-40)39-27-29-16-18-31-30-17-15-28-26-38(47-41(28)32(30)19-20-33(31)42(29)48-39)36-22-21-35(45-36)34(43)14-12-10-8-6-4-2/h15-24,26-27,34,44H,3-14,25,43H2,1-2H3. The molecule has 0 saturated heterocycles. The number of nitrogens with two attached hydrogens (primary N) is 1. The van der Waals surface area contributed by atoms with E-state index in [1.165, 1.54) is 106 Å². The first-order valence-corrected chi connectivity index (χ1v) is 19.8. The topological polar surface area (TPSA) is 64.3 Å². The van der Waals surface area contributed by atoms with Gasteiger partial charge in [0.1, 0.15) is 17.3 Å². The van der Waals surface area contributed by atoms with E-state index in [-0.39, 0.29) is 6.04 Å². The second-order valence-corrected chi connectivity index (χ2v) is 15.4. The summed E-state index contributed by atoms with van der Waals surface area (Å²) in [6, 6.07) is 26.5. The molecule has 0 aliphatic carbocycles. The van der Waals surface area contributed by atoms with Crippen LogP contribution in [-0.4, -0.2) is 6.54 Å². The van der Waals surface area contributed by atoms with E-state index < -0.39 is 0 Å². The van der Waals surface area contributed by atoms with E-state index in [0.717, 1.165) is 52.3 Å². The van der Waals surface area contributed by atoms with Crippen molar-refractivity contribution in [2.45, 2.75) is 96.9 Å². The number of furan rings is 2. The van der Waals surface area contributed by atoms with Crippen LogP contribution in [0, 0.1) is 0 Å². The van der Waals surface area contributed by atoms with Gasteiger partial charge in [0.05, 0.1) is 15.8 Å². The van der Waals surface area contributed by atoms with Gasteiger partial charge in [-0.25, -0.2) is 0 Å². The zero-order valence-corrected chi connectivity index (χ0v) is 30.0. The zero-order chi connectivity index (χ0) is 32.9. The van der Waals surface area contributed by atoms with Gasteiger partial charge >= 0.3 is 0 Å². The summed E-state index contributed by atoms with van der Waals surface area (Å²) < 4.78 is 15.2. The molecule has 4 nitrogen and oxygen atoms in total. The number of hydrogen-bond acceptors (Lipinski definition) is 6. The molecule has 4 heterocycles. The summed E-state index contributed by atoms with van der Waals surface area (Å²) in [5.41, 5.74) is 6.52. The minimum atomic E-state index is -0.0436. The van der Waals surface area contributed by atoms with Crippen molar-refractivity contribution in [2.24, 2.45) is 5.73 Å². The minimum absolute atomic E-state index is 0.0436. The zero-order valence-electron chi connectivity index (χ0n) is 28.4. The number of fused-ring (bicyclic) bond motifs is 7. The predicted octanol–water partition coefficient (Wildman–Crippen LogP) is 14.1. The SMILES string of the molecule is CCCCCCCCNc1ccc(-c2cc3ccc4c5ccc6cc(-c7ccc(C(N)CCCCCCC)o7)sc6c5ccc4c3s2)o1. The Labute approximate surface area is 292 Å². The van der Waals surface area contributed by atoms with Crippen LogP contribution >= 0.6 is 22.7 Å². The van der Waals surface area contributed by atoms with Crippen LogP contribution in [0.3, 0.4) is 0 Å². The monoisotopic (exact) mass is 676 g/mol. The number of rotatable bonds is 17. The van der Waals surface area contributed by atoms with Gasteiger partial charge in [-0.1, -0.05) is 114 Å². The van der Waals surface area contributed by atoms with Crippen LogP contribution < -0.4 is 11.1 Å². The van der Waals surface area contributed by atoms with Crippen molar-refractivity contribution >= 4 is 70.3 Å². The van der Waals surface area contributed by atoms with Crippen LogP contribution in [0.4, 0.5) is 5.88 Å². The Balaban J connectivity index is 1.09. The van der Waals surface area contributed by atoms with Crippen LogP contribution in [0.2, 0.25) is 0 Å². The lowest BCUT2D eigenvalue weighted by atomic mass is 10.00. The molecule has 0 radical (unpaired) electrons. The number of hydrogen-bond donors (Lipinski definition) is 2. The molecule has 0 aliphatic rings. The average molecular weight is 677 g/mol. The highest BCUT2D eigenvalue weighted by molar-refractivity contribution is 7.23. The minimum Gasteiger partial charge on any atom is -0.459 e. The summed E-state index contributed by atoms with van der Waals surface area (Å²) in [4.78, 5) is 2.31. The Hall–Kier alpha value is -3.58. The molecule has 0 fully saturated rings. The summed E-state index contributed by atoms with van der Waals surface area (Å²) in [6.07, 6.45) is 15.0. The smallest absolute Gasteiger partial charge is 0.193 e. The fraction of sp³-hybridized carbons (Fsp3) is 0.381. The maximum atomic E-state index is 6.52. The first-order valence-electron chi connectivity index (χ1n) is 18.1. The third-order valence-electron chi connectivity index (χ3n) is 9.69. The van der Waals surface area contributed by atoms with E-state index in [1.54, 1.807) is 0 Å². The second-order valence-electron chi connectivity index (χ2n) is 13.3. The largest absolute Gasteiger partial charge is 0.459 e. The first kappa shape index (κ1) is 32.9. The maximum absolute atomic E-state index is 6.52. The van der Waals surface area contributed by atoms with Gasteiger partial charge in [0.2, 0.25) is 0 Å². The van der Waals surface area contributed by atoms with Crippen molar-refractivity contribution < 1.29 is 8.83 Å². The molecular formula is C42H48N2O2S2. The molecule has 7 rings (SSSR count). The molecule has 1 unspecified atom stereocenters. The second kappa shape index (κ2) is 15.3. The van der Waals surface area contributed by atoms with Gasteiger partial charge in [0.25, 0.3) is 0 Å². The van der Waals surface area contributed by atoms with E-state index in [2.05, 4.69) is 92.0 Å². The van der Waals surface area contributed by atoms with Gasteiger partial charge in [0, 0.05) is 32.8 Å². The van der Waals surface area contributed by atoms with E-state index >= 15 is 0 Å². The van der Waals surface area contributed by atoms with Gasteiger partial charge in [-0.15, -0.1) is 22.7 Å². The van der Waals surface area contributed by atoms with Crippen LogP contribution in [0.5, 0.6) is 0 Å². The first-order chi connectivity index (χ1) is 23.6.